The summed E-state index contributed by atoms with van der Waals surface area (Å²) >= 11 is 0. The summed E-state index contributed by atoms with van der Waals surface area (Å²) < 4.78 is 6.02. The highest BCUT2D eigenvalue weighted by Crippen LogP contribution is 2.35. The molecule has 0 atom stereocenters. The SMILES string of the molecule is CCc1cc(-c2nnc(-c3ccccc3)o2)c2[nH]c3ccccc3c2c1. The number of hydrogen-bond donors (Lipinski definition) is 1. The van der Waals surface area contributed by atoms with Crippen LogP contribution in [0.1, 0.15) is 12.5 Å². The Morgan fingerprint density at radius 2 is 1.62 bits per heavy atom. The summed E-state index contributed by atoms with van der Waals surface area (Å²) in [5.74, 6) is 1.07. The Balaban J connectivity index is 1.75. The molecule has 0 bridgehead atoms. The Morgan fingerprint density at radius 1 is 0.846 bits per heavy atom. The van der Waals surface area contributed by atoms with E-state index in [9.17, 15) is 0 Å². The lowest BCUT2D eigenvalue weighted by molar-refractivity contribution is 0.585. The van der Waals surface area contributed by atoms with Crippen LogP contribution >= 0.6 is 0 Å². The predicted molar refractivity (Wildman–Crippen MR) is 104 cm³/mol. The zero-order valence-electron chi connectivity index (χ0n) is 14.4. The van der Waals surface area contributed by atoms with Gasteiger partial charge in [-0.2, -0.15) is 0 Å². The molecule has 1 N–H and O–H groups in total. The number of aromatic amines is 1. The fraction of sp³-hybridized carbons (Fsp3) is 0.0909. The molecule has 2 heterocycles. The third-order valence-corrected chi connectivity index (χ3v) is 4.76. The van der Waals surface area contributed by atoms with Gasteiger partial charge in [-0.05, 0) is 42.3 Å². The van der Waals surface area contributed by atoms with E-state index in [1.807, 2.05) is 36.4 Å². The van der Waals surface area contributed by atoms with Crippen LogP contribution in [0.5, 0.6) is 0 Å². The molecular formula is C22H17N3O. The first-order chi connectivity index (χ1) is 12.8. The Hall–Kier alpha value is -3.40. The van der Waals surface area contributed by atoms with Crippen LogP contribution in [0.3, 0.4) is 0 Å². The van der Waals surface area contributed by atoms with Gasteiger partial charge in [-0.3, -0.25) is 0 Å². The van der Waals surface area contributed by atoms with Crippen molar-refractivity contribution in [2.45, 2.75) is 13.3 Å². The molecule has 0 aliphatic carbocycles. The molecule has 4 nitrogen and oxygen atoms in total. The molecule has 2 aromatic heterocycles. The van der Waals surface area contributed by atoms with Crippen molar-refractivity contribution in [3.05, 3.63) is 72.3 Å². The first-order valence-corrected chi connectivity index (χ1v) is 8.76. The van der Waals surface area contributed by atoms with Crippen LogP contribution in [-0.2, 0) is 6.42 Å². The van der Waals surface area contributed by atoms with Crippen LogP contribution in [0, 0.1) is 0 Å². The average molecular weight is 339 g/mol. The number of nitrogens with one attached hydrogen (secondary N) is 1. The Kier molecular flexibility index (Phi) is 3.35. The maximum atomic E-state index is 6.02. The lowest BCUT2D eigenvalue weighted by Crippen LogP contribution is -1.86. The van der Waals surface area contributed by atoms with E-state index in [1.165, 1.54) is 16.3 Å². The van der Waals surface area contributed by atoms with Crippen molar-refractivity contribution in [3.8, 4) is 22.9 Å². The van der Waals surface area contributed by atoms with Gasteiger partial charge in [-0.15, -0.1) is 10.2 Å². The first kappa shape index (κ1) is 14.9. The van der Waals surface area contributed by atoms with Crippen molar-refractivity contribution < 1.29 is 4.42 Å². The van der Waals surface area contributed by atoms with E-state index in [-0.39, 0.29) is 0 Å². The number of aromatic nitrogens is 3. The molecule has 5 aromatic rings. The summed E-state index contributed by atoms with van der Waals surface area (Å²) in [6.45, 7) is 2.16. The van der Waals surface area contributed by atoms with Crippen molar-refractivity contribution >= 4 is 21.8 Å². The molecule has 126 valence electrons. The highest BCUT2D eigenvalue weighted by atomic mass is 16.4. The van der Waals surface area contributed by atoms with E-state index in [0.29, 0.717) is 11.8 Å². The van der Waals surface area contributed by atoms with E-state index in [2.05, 4.69) is 52.4 Å². The van der Waals surface area contributed by atoms with Crippen LogP contribution in [0.25, 0.3) is 44.7 Å². The van der Waals surface area contributed by atoms with Crippen LogP contribution in [0.2, 0.25) is 0 Å². The Morgan fingerprint density at radius 3 is 2.46 bits per heavy atom. The molecule has 0 amide bonds. The third kappa shape index (κ3) is 2.30. The molecule has 5 rings (SSSR count). The normalized spacial score (nSPS) is 11.4. The average Bonchev–Trinajstić information content (AvgIpc) is 3.33. The van der Waals surface area contributed by atoms with Gasteiger partial charge in [-0.1, -0.05) is 43.3 Å². The van der Waals surface area contributed by atoms with Crippen LogP contribution in [0.4, 0.5) is 0 Å². The molecule has 0 aliphatic heterocycles. The summed E-state index contributed by atoms with van der Waals surface area (Å²) in [7, 11) is 0. The van der Waals surface area contributed by atoms with Gasteiger partial charge in [0.15, 0.2) is 0 Å². The lowest BCUT2D eigenvalue weighted by Gasteiger charge is -2.03. The van der Waals surface area contributed by atoms with Crippen molar-refractivity contribution in [1.29, 1.82) is 0 Å². The zero-order valence-corrected chi connectivity index (χ0v) is 14.4. The van der Waals surface area contributed by atoms with Gasteiger partial charge in [0, 0.05) is 21.9 Å². The summed E-state index contributed by atoms with van der Waals surface area (Å²) in [5.41, 5.74) is 5.26. The number of rotatable bonds is 3. The molecule has 0 aliphatic rings. The van der Waals surface area contributed by atoms with Crippen molar-refractivity contribution in [2.24, 2.45) is 0 Å². The fourth-order valence-corrected chi connectivity index (χ4v) is 3.41. The monoisotopic (exact) mass is 339 g/mol. The molecule has 4 heteroatoms. The summed E-state index contributed by atoms with van der Waals surface area (Å²) in [4.78, 5) is 3.52. The second-order valence-electron chi connectivity index (χ2n) is 6.37. The molecule has 0 fully saturated rings. The van der Waals surface area contributed by atoms with Gasteiger partial charge in [0.2, 0.25) is 11.8 Å². The second-order valence-corrected chi connectivity index (χ2v) is 6.37. The number of aryl methyl sites for hydroxylation is 1. The van der Waals surface area contributed by atoms with Gasteiger partial charge < -0.3 is 9.40 Å². The second kappa shape index (κ2) is 5.85. The molecule has 0 radical (unpaired) electrons. The van der Waals surface area contributed by atoms with Gasteiger partial charge in [0.25, 0.3) is 0 Å². The maximum Gasteiger partial charge on any atom is 0.250 e. The van der Waals surface area contributed by atoms with Crippen molar-refractivity contribution in [1.82, 2.24) is 15.2 Å². The van der Waals surface area contributed by atoms with Crippen LogP contribution in [0.15, 0.2) is 71.1 Å². The van der Waals surface area contributed by atoms with Crippen LogP contribution < -0.4 is 0 Å². The lowest BCUT2D eigenvalue weighted by atomic mass is 10.0. The standard InChI is InChI=1S/C22H17N3O/c1-2-14-12-17-16-10-6-7-11-19(16)23-20(17)18(13-14)22-25-24-21(26-22)15-8-4-3-5-9-15/h3-13,23H,2H2,1H3. The van der Waals surface area contributed by atoms with E-state index in [0.717, 1.165) is 28.6 Å². The van der Waals surface area contributed by atoms with Gasteiger partial charge in [0.05, 0.1) is 11.1 Å². The van der Waals surface area contributed by atoms with E-state index < -0.39 is 0 Å². The summed E-state index contributed by atoms with van der Waals surface area (Å²) in [5, 5.41) is 11.0. The van der Waals surface area contributed by atoms with Gasteiger partial charge in [0.1, 0.15) is 0 Å². The summed E-state index contributed by atoms with van der Waals surface area (Å²) in [6.07, 6.45) is 0.947. The molecule has 0 unspecified atom stereocenters. The number of para-hydroxylation sites is 1. The van der Waals surface area contributed by atoms with E-state index in [4.69, 9.17) is 4.42 Å². The van der Waals surface area contributed by atoms with Crippen molar-refractivity contribution in [2.75, 3.05) is 0 Å². The largest absolute Gasteiger partial charge is 0.416 e. The number of nitrogens with zero attached hydrogens (tertiary/aromatic N) is 2. The minimum atomic E-state index is 0.534. The van der Waals surface area contributed by atoms with E-state index >= 15 is 0 Å². The molecule has 3 aromatic carbocycles. The highest BCUT2D eigenvalue weighted by molar-refractivity contribution is 6.11. The minimum Gasteiger partial charge on any atom is -0.416 e. The molecule has 0 saturated carbocycles. The first-order valence-electron chi connectivity index (χ1n) is 8.76. The molecule has 0 spiro atoms. The zero-order chi connectivity index (χ0) is 17.5. The van der Waals surface area contributed by atoms with Crippen molar-refractivity contribution in [3.63, 3.8) is 0 Å². The highest BCUT2D eigenvalue weighted by Gasteiger charge is 2.16. The topological polar surface area (TPSA) is 54.7 Å². The fourth-order valence-electron chi connectivity index (χ4n) is 3.41. The quantitative estimate of drug-likeness (QED) is 0.465. The van der Waals surface area contributed by atoms with Crippen LogP contribution in [-0.4, -0.2) is 15.2 Å². The third-order valence-electron chi connectivity index (χ3n) is 4.76. The minimum absolute atomic E-state index is 0.534. The molecular weight excluding hydrogens is 322 g/mol. The Bertz CT molecular complexity index is 1220. The number of benzene rings is 3. The smallest absolute Gasteiger partial charge is 0.250 e. The molecule has 0 saturated heterocycles. The molecule has 26 heavy (non-hydrogen) atoms. The number of hydrogen-bond acceptors (Lipinski definition) is 3. The maximum absolute atomic E-state index is 6.02. The van der Waals surface area contributed by atoms with Gasteiger partial charge in [-0.25, -0.2) is 0 Å². The predicted octanol–water partition coefficient (Wildman–Crippen LogP) is 5.60. The van der Waals surface area contributed by atoms with Gasteiger partial charge >= 0.3 is 0 Å². The number of H-pyrrole nitrogens is 1. The van der Waals surface area contributed by atoms with E-state index in [1.54, 1.807) is 0 Å². The Labute approximate surface area is 150 Å². The summed E-state index contributed by atoms with van der Waals surface area (Å²) in [6, 6.07) is 22.6. The number of fused-ring (bicyclic) bond motifs is 3.